The summed E-state index contributed by atoms with van der Waals surface area (Å²) in [7, 11) is 2.15. The topological polar surface area (TPSA) is 32.5 Å². The van der Waals surface area contributed by atoms with E-state index in [1.54, 1.807) is 0 Å². The number of halogens is 1. The van der Waals surface area contributed by atoms with E-state index in [0.717, 1.165) is 23.7 Å². The van der Waals surface area contributed by atoms with Crippen LogP contribution in [0.3, 0.4) is 0 Å². The fourth-order valence-corrected chi connectivity index (χ4v) is 2.88. The summed E-state index contributed by atoms with van der Waals surface area (Å²) < 4.78 is 0. The predicted molar refractivity (Wildman–Crippen MR) is 78.5 cm³/mol. The number of hydrogen-bond acceptors (Lipinski definition) is 3. The molecule has 2 N–H and O–H groups in total. The second-order valence-electron chi connectivity index (χ2n) is 5.21. The molecule has 0 spiro atoms. The summed E-state index contributed by atoms with van der Waals surface area (Å²) in [5.41, 5.74) is 8.25. The minimum atomic E-state index is 0.416. The van der Waals surface area contributed by atoms with Crippen molar-refractivity contribution in [2.24, 2.45) is 5.73 Å². The highest BCUT2D eigenvalue weighted by Gasteiger charge is 2.29. The van der Waals surface area contributed by atoms with Crippen LogP contribution in [-0.2, 0) is 0 Å². The van der Waals surface area contributed by atoms with Gasteiger partial charge in [-0.15, -0.1) is 0 Å². The summed E-state index contributed by atoms with van der Waals surface area (Å²) in [6.45, 7) is 7.03. The summed E-state index contributed by atoms with van der Waals surface area (Å²) in [6, 6.07) is 7.01. The third-order valence-electron chi connectivity index (χ3n) is 3.94. The molecule has 2 atom stereocenters. The van der Waals surface area contributed by atoms with Crippen LogP contribution in [0.1, 0.15) is 12.5 Å². The first-order valence-corrected chi connectivity index (χ1v) is 6.84. The molecule has 0 aliphatic carbocycles. The summed E-state index contributed by atoms with van der Waals surface area (Å²) in [5, 5.41) is 0.836. The lowest BCUT2D eigenvalue weighted by molar-refractivity contribution is 0.197. The molecule has 1 fully saturated rings. The van der Waals surface area contributed by atoms with Crippen molar-refractivity contribution in [2.45, 2.75) is 25.9 Å². The average molecular weight is 268 g/mol. The highest BCUT2D eigenvalue weighted by molar-refractivity contribution is 6.31. The van der Waals surface area contributed by atoms with E-state index in [9.17, 15) is 0 Å². The largest absolute Gasteiger partial charge is 0.366 e. The number of nitrogens with zero attached hydrogens (tertiary/aromatic N) is 2. The van der Waals surface area contributed by atoms with Gasteiger partial charge < -0.3 is 10.6 Å². The fraction of sp³-hybridized carbons (Fsp3) is 0.571. The smallest absolute Gasteiger partial charge is 0.0455 e. The third kappa shape index (κ3) is 2.48. The quantitative estimate of drug-likeness (QED) is 0.891. The molecule has 4 heteroatoms. The van der Waals surface area contributed by atoms with E-state index in [1.807, 2.05) is 12.1 Å². The van der Waals surface area contributed by atoms with E-state index in [0.29, 0.717) is 18.6 Å². The van der Waals surface area contributed by atoms with Crippen molar-refractivity contribution in [3.8, 4) is 0 Å². The van der Waals surface area contributed by atoms with Crippen LogP contribution < -0.4 is 10.6 Å². The van der Waals surface area contributed by atoms with Gasteiger partial charge in [0.25, 0.3) is 0 Å². The van der Waals surface area contributed by atoms with Gasteiger partial charge in [-0.1, -0.05) is 17.7 Å². The first kappa shape index (κ1) is 13.7. The SMILES string of the molecule is Cc1c(Cl)cccc1N1CC(CN)N(C)CC1C. The summed E-state index contributed by atoms with van der Waals surface area (Å²) in [5.74, 6) is 0. The lowest BCUT2D eigenvalue weighted by atomic mass is 10.0. The van der Waals surface area contributed by atoms with Crippen molar-refractivity contribution in [1.82, 2.24) is 4.90 Å². The number of nitrogens with two attached hydrogens (primary N) is 1. The van der Waals surface area contributed by atoms with Gasteiger partial charge in [-0.05, 0) is 38.6 Å². The van der Waals surface area contributed by atoms with Crippen LogP contribution in [-0.4, -0.2) is 43.7 Å². The zero-order chi connectivity index (χ0) is 13.3. The Morgan fingerprint density at radius 2 is 2.11 bits per heavy atom. The highest BCUT2D eigenvalue weighted by atomic mass is 35.5. The maximum absolute atomic E-state index is 6.22. The van der Waals surface area contributed by atoms with E-state index in [1.165, 1.54) is 5.69 Å². The van der Waals surface area contributed by atoms with E-state index in [4.69, 9.17) is 17.3 Å². The summed E-state index contributed by atoms with van der Waals surface area (Å²) in [6.07, 6.45) is 0. The molecule has 1 aromatic rings. The molecule has 1 aliphatic heterocycles. The van der Waals surface area contributed by atoms with Crippen LogP contribution in [0, 0.1) is 6.92 Å². The van der Waals surface area contributed by atoms with Crippen LogP contribution in [0.25, 0.3) is 0 Å². The molecule has 0 amide bonds. The Labute approximate surface area is 115 Å². The highest BCUT2D eigenvalue weighted by Crippen LogP contribution is 2.30. The molecule has 3 nitrogen and oxygen atoms in total. The Bertz CT molecular complexity index is 422. The second-order valence-corrected chi connectivity index (χ2v) is 5.62. The van der Waals surface area contributed by atoms with Gasteiger partial charge in [0, 0.05) is 42.4 Å². The predicted octanol–water partition coefficient (Wildman–Crippen LogP) is 2.12. The maximum atomic E-state index is 6.22. The van der Waals surface area contributed by atoms with Gasteiger partial charge in [0.1, 0.15) is 0 Å². The molecule has 2 unspecified atom stereocenters. The Morgan fingerprint density at radius 3 is 2.78 bits per heavy atom. The maximum Gasteiger partial charge on any atom is 0.0455 e. The molecule has 100 valence electrons. The fourth-order valence-electron chi connectivity index (χ4n) is 2.71. The minimum Gasteiger partial charge on any atom is -0.366 e. The van der Waals surface area contributed by atoms with Crippen molar-refractivity contribution >= 4 is 17.3 Å². The standard InChI is InChI=1S/C14H22ClN3/c1-10-8-17(3)12(7-16)9-18(10)14-6-4-5-13(15)11(14)2/h4-6,10,12H,7-9,16H2,1-3H3. The van der Waals surface area contributed by atoms with Crippen LogP contribution in [0.5, 0.6) is 0 Å². The molecule has 1 aromatic carbocycles. The normalized spacial score (nSPS) is 25.5. The molecule has 0 saturated carbocycles. The second kappa shape index (κ2) is 5.47. The van der Waals surface area contributed by atoms with Gasteiger partial charge in [-0.3, -0.25) is 4.90 Å². The molecule has 2 rings (SSSR count). The molecule has 0 bridgehead atoms. The molecule has 18 heavy (non-hydrogen) atoms. The van der Waals surface area contributed by atoms with Gasteiger partial charge >= 0.3 is 0 Å². The van der Waals surface area contributed by atoms with Crippen molar-refractivity contribution in [2.75, 3.05) is 31.6 Å². The summed E-state index contributed by atoms with van der Waals surface area (Å²) in [4.78, 5) is 4.78. The van der Waals surface area contributed by atoms with Crippen LogP contribution in [0.4, 0.5) is 5.69 Å². The van der Waals surface area contributed by atoms with Crippen LogP contribution in [0.15, 0.2) is 18.2 Å². The Morgan fingerprint density at radius 1 is 1.39 bits per heavy atom. The average Bonchev–Trinajstić information content (AvgIpc) is 2.34. The summed E-state index contributed by atoms with van der Waals surface area (Å²) >= 11 is 6.22. The van der Waals surface area contributed by atoms with Gasteiger partial charge in [-0.25, -0.2) is 0 Å². The van der Waals surface area contributed by atoms with Gasteiger partial charge in [0.05, 0.1) is 0 Å². The molecular weight excluding hydrogens is 246 g/mol. The number of rotatable bonds is 2. The van der Waals surface area contributed by atoms with Crippen LogP contribution >= 0.6 is 11.6 Å². The first-order valence-electron chi connectivity index (χ1n) is 6.46. The number of likely N-dealkylation sites (N-methyl/N-ethyl adjacent to an activating group) is 1. The van der Waals surface area contributed by atoms with Crippen molar-refractivity contribution in [3.63, 3.8) is 0 Å². The van der Waals surface area contributed by atoms with Crippen molar-refractivity contribution in [1.29, 1.82) is 0 Å². The number of anilines is 1. The van der Waals surface area contributed by atoms with Gasteiger partial charge in [-0.2, -0.15) is 0 Å². The van der Waals surface area contributed by atoms with Crippen molar-refractivity contribution in [3.05, 3.63) is 28.8 Å². The Hall–Kier alpha value is -0.770. The zero-order valence-electron chi connectivity index (χ0n) is 11.4. The van der Waals surface area contributed by atoms with E-state index >= 15 is 0 Å². The first-order chi connectivity index (χ1) is 8.54. The molecular formula is C14H22ClN3. The molecule has 0 aromatic heterocycles. The number of piperazine rings is 1. The van der Waals surface area contributed by atoms with E-state index < -0.39 is 0 Å². The lowest BCUT2D eigenvalue weighted by Crippen LogP contribution is -2.58. The van der Waals surface area contributed by atoms with Gasteiger partial charge in [0.15, 0.2) is 0 Å². The van der Waals surface area contributed by atoms with Crippen LogP contribution in [0.2, 0.25) is 5.02 Å². The minimum absolute atomic E-state index is 0.416. The number of benzene rings is 1. The monoisotopic (exact) mass is 267 g/mol. The Balaban J connectivity index is 2.29. The molecule has 1 heterocycles. The zero-order valence-corrected chi connectivity index (χ0v) is 12.1. The molecule has 0 radical (unpaired) electrons. The molecule has 1 saturated heterocycles. The van der Waals surface area contributed by atoms with Crippen molar-refractivity contribution < 1.29 is 0 Å². The van der Waals surface area contributed by atoms with E-state index in [-0.39, 0.29) is 0 Å². The lowest BCUT2D eigenvalue weighted by Gasteiger charge is -2.45. The third-order valence-corrected chi connectivity index (χ3v) is 4.35. The van der Waals surface area contributed by atoms with Gasteiger partial charge in [0.2, 0.25) is 0 Å². The number of hydrogen-bond donors (Lipinski definition) is 1. The van der Waals surface area contributed by atoms with E-state index in [2.05, 4.69) is 36.8 Å². The molecule has 1 aliphatic rings. The Kier molecular flexibility index (Phi) is 4.15.